The molecule has 0 bridgehead atoms. The average molecular weight is 212 g/mol. The molecule has 3 aromatic heterocycles. The average Bonchev–Trinajstić information content (AvgIpc) is 2.69. The van der Waals surface area contributed by atoms with Crippen LogP contribution in [-0.4, -0.2) is 20.9 Å². The second-order valence-corrected chi connectivity index (χ2v) is 3.76. The molecule has 4 heteroatoms. The van der Waals surface area contributed by atoms with Crippen molar-refractivity contribution in [1.29, 1.82) is 0 Å². The van der Waals surface area contributed by atoms with Gasteiger partial charge in [0.1, 0.15) is 0 Å². The highest BCUT2D eigenvalue weighted by Gasteiger charge is 2.06. The highest BCUT2D eigenvalue weighted by Crippen LogP contribution is 2.23. The summed E-state index contributed by atoms with van der Waals surface area (Å²) in [5, 5.41) is 2.38. The molecule has 0 aliphatic carbocycles. The van der Waals surface area contributed by atoms with Gasteiger partial charge in [-0.05, 0) is 18.7 Å². The quantitative estimate of drug-likeness (QED) is 0.698. The maximum absolute atomic E-state index is 5.59. The van der Waals surface area contributed by atoms with Crippen molar-refractivity contribution in [3.05, 3.63) is 42.7 Å². The van der Waals surface area contributed by atoms with Gasteiger partial charge in [0.2, 0.25) is 0 Å². The normalized spacial score (nSPS) is 11.3. The Balaban J connectivity index is 2.39. The van der Waals surface area contributed by atoms with Crippen molar-refractivity contribution in [3.63, 3.8) is 0 Å². The van der Waals surface area contributed by atoms with Gasteiger partial charge < -0.3 is 10.1 Å². The molecule has 0 unspecified atom stereocenters. The summed E-state index contributed by atoms with van der Waals surface area (Å²) in [6.07, 6.45) is 8.32. The molecule has 0 fully saturated rings. The Labute approximate surface area is 92.7 Å². The van der Waals surface area contributed by atoms with Crippen LogP contribution in [0.1, 0.15) is 5.69 Å². The van der Waals surface area contributed by atoms with E-state index in [9.17, 15) is 0 Å². The maximum Gasteiger partial charge on any atom is 0.0990 e. The predicted octanol–water partition coefficient (Wildman–Crippen LogP) is 1.38. The summed E-state index contributed by atoms with van der Waals surface area (Å²) in [6.45, 7) is 0.622. The molecule has 0 spiro atoms. The minimum atomic E-state index is 0.622. The Morgan fingerprint density at radius 2 is 2.12 bits per heavy atom. The fraction of sp³-hybridized carbons (Fsp3) is 0.167. The lowest BCUT2D eigenvalue weighted by atomic mass is 10.1. The van der Waals surface area contributed by atoms with Crippen LogP contribution in [0.2, 0.25) is 0 Å². The fourth-order valence-corrected chi connectivity index (χ4v) is 2.06. The minimum Gasteiger partial charge on any atom is -0.330 e. The second kappa shape index (κ2) is 3.57. The maximum atomic E-state index is 5.59. The van der Waals surface area contributed by atoms with Crippen molar-refractivity contribution in [2.75, 3.05) is 6.54 Å². The molecule has 0 aromatic carbocycles. The first-order valence-electron chi connectivity index (χ1n) is 5.28. The van der Waals surface area contributed by atoms with E-state index in [1.54, 1.807) is 6.20 Å². The Morgan fingerprint density at radius 1 is 1.19 bits per heavy atom. The van der Waals surface area contributed by atoms with Crippen molar-refractivity contribution in [1.82, 2.24) is 14.4 Å². The molecule has 0 amide bonds. The largest absolute Gasteiger partial charge is 0.330 e. The van der Waals surface area contributed by atoms with Gasteiger partial charge in [-0.1, -0.05) is 0 Å². The molecule has 3 rings (SSSR count). The van der Waals surface area contributed by atoms with Gasteiger partial charge in [0.15, 0.2) is 0 Å². The Kier molecular flexibility index (Phi) is 2.08. The van der Waals surface area contributed by atoms with E-state index in [1.807, 2.05) is 29.1 Å². The fourth-order valence-electron chi connectivity index (χ4n) is 2.06. The van der Waals surface area contributed by atoms with E-state index >= 15 is 0 Å². The zero-order valence-corrected chi connectivity index (χ0v) is 8.80. The van der Waals surface area contributed by atoms with Gasteiger partial charge in [-0.15, -0.1) is 0 Å². The Morgan fingerprint density at radius 3 is 3.00 bits per heavy atom. The van der Waals surface area contributed by atoms with Gasteiger partial charge in [-0.2, -0.15) is 0 Å². The molecule has 16 heavy (non-hydrogen) atoms. The molecule has 0 radical (unpaired) electrons. The lowest BCUT2D eigenvalue weighted by Gasteiger charge is -1.98. The van der Waals surface area contributed by atoms with Crippen LogP contribution < -0.4 is 5.73 Å². The molecule has 0 aliphatic rings. The molecular formula is C12H12N4. The third kappa shape index (κ3) is 1.27. The minimum absolute atomic E-state index is 0.622. The summed E-state index contributed by atoms with van der Waals surface area (Å²) in [4.78, 5) is 8.48. The van der Waals surface area contributed by atoms with E-state index in [0.29, 0.717) is 6.54 Å². The molecule has 4 nitrogen and oxygen atoms in total. The highest BCUT2D eigenvalue weighted by molar-refractivity contribution is 5.98. The molecule has 0 aliphatic heterocycles. The van der Waals surface area contributed by atoms with Crippen molar-refractivity contribution >= 4 is 16.3 Å². The van der Waals surface area contributed by atoms with Gasteiger partial charge in [0.05, 0.1) is 17.5 Å². The Hall–Kier alpha value is -1.94. The van der Waals surface area contributed by atoms with Gasteiger partial charge in [0, 0.05) is 35.8 Å². The van der Waals surface area contributed by atoms with Crippen LogP contribution in [0.4, 0.5) is 0 Å². The summed E-state index contributed by atoms with van der Waals surface area (Å²) in [5.41, 5.74) is 7.80. The number of hydrogen-bond donors (Lipinski definition) is 1. The Bertz CT molecular complexity index is 642. The van der Waals surface area contributed by atoms with E-state index in [-0.39, 0.29) is 0 Å². The molecule has 80 valence electrons. The lowest BCUT2D eigenvalue weighted by Crippen LogP contribution is -2.04. The van der Waals surface area contributed by atoms with E-state index in [4.69, 9.17) is 5.73 Å². The molecule has 0 saturated heterocycles. The first kappa shape index (κ1) is 9.30. The first-order chi connectivity index (χ1) is 7.90. The molecule has 3 aromatic rings. The number of nitrogens with zero attached hydrogens (tertiary/aromatic N) is 3. The van der Waals surface area contributed by atoms with Crippen molar-refractivity contribution in [2.45, 2.75) is 6.42 Å². The van der Waals surface area contributed by atoms with Gasteiger partial charge in [0.25, 0.3) is 0 Å². The summed E-state index contributed by atoms with van der Waals surface area (Å²) in [5.74, 6) is 0. The van der Waals surface area contributed by atoms with Gasteiger partial charge in [-0.3, -0.25) is 4.98 Å². The number of aromatic nitrogens is 3. The SMILES string of the molecule is NCCc1nccc2c1cn1cnccc21. The first-order valence-corrected chi connectivity index (χ1v) is 5.28. The number of hydrogen-bond acceptors (Lipinski definition) is 3. The van der Waals surface area contributed by atoms with Gasteiger partial charge in [-0.25, -0.2) is 4.98 Å². The summed E-state index contributed by atoms with van der Waals surface area (Å²) in [6, 6.07) is 4.04. The molecule has 0 saturated carbocycles. The standard InChI is InChI=1S/C12H12N4/c13-4-1-11-10-7-16-8-14-5-3-12(16)9(10)2-6-15-11/h2-3,5-8H,1,4,13H2. The third-order valence-electron chi connectivity index (χ3n) is 2.79. The van der Waals surface area contributed by atoms with Crippen LogP contribution in [0.15, 0.2) is 37.1 Å². The third-order valence-corrected chi connectivity index (χ3v) is 2.79. The van der Waals surface area contributed by atoms with Crippen LogP contribution in [0.25, 0.3) is 16.3 Å². The summed E-state index contributed by atoms with van der Waals surface area (Å²) in [7, 11) is 0. The van der Waals surface area contributed by atoms with Crippen LogP contribution in [-0.2, 0) is 6.42 Å². The number of fused-ring (bicyclic) bond motifs is 3. The zero-order chi connectivity index (χ0) is 11.0. The van der Waals surface area contributed by atoms with Gasteiger partial charge >= 0.3 is 0 Å². The lowest BCUT2D eigenvalue weighted by molar-refractivity contribution is 0.935. The summed E-state index contributed by atoms with van der Waals surface area (Å²) >= 11 is 0. The predicted molar refractivity (Wildman–Crippen MR) is 63.3 cm³/mol. The second-order valence-electron chi connectivity index (χ2n) is 3.76. The molecule has 2 N–H and O–H groups in total. The van der Waals surface area contributed by atoms with Crippen LogP contribution in [0.3, 0.4) is 0 Å². The van der Waals surface area contributed by atoms with Crippen molar-refractivity contribution < 1.29 is 0 Å². The van der Waals surface area contributed by atoms with E-state index in [2.05, 4.69) is 16.2 Å². The smallest absolute Gasteiger partial charge is 0.0990 e. The number of pyridine rings is 1. The topological polar surface area (TPSA) is 56.2 Å². The van der Waals surface area contributed by atoms with E-state index < -0.39 is 0 Å². The summed E-state index contributed by atoms with van der Waals surface area (Å²) < 4.78 is 2.02. The molecule has 3 heterocycles. The highest BCUT2D eigenvalue weighted by atomic mass is 14.9. The number of nitrogens with two attached hydrogens (primary N) is 1. The number of rotatable bonds is 2. The van der Waals surface area contributed by atoms with Crippen LogP contribution >= 0.6 is 0 Å². The van der Waals surface area contributed by atoms with Crippen LogP contribution in [0, 0.1) is 0 Å². The van der Waals surface area contributed by atoms with Crippen molar-refractivity contribution in [3.8, 4) is 0 Å². The van der Waals surface area contributed by atoms with E-state index in [1.165, 1.54) is 10.8 Å². The van der Waals surface area contributed by atoms with E-state index in [0.717, 1.165) is 17.6 Å². The molecular weight excluding hydrogens is 200 g/mol. The van der Waals surface area contributed by atoms with Crippen molar-refractivity contribution in [2.24, 2.45) is 5.73 Å². The monoisotopic (exact) mass is 212 g/mol. The zero-order valence-electron chi connectivity index (χ0n) is 8.80. The molecule has 0 atom stereocenters. The van der Waals surface area contributed by atoms with Crippen LogP contribution in [0.5, 0.6) is 0 Å².